The Labute approximate surface area is 128 Å². The lowest BCUT2D eigenvalue weighted by molar-refractivity contribution is 0.0986. The van der Waals surface area contributed by atoms with Crippen LogP contribution in [0.15, 0.2) is 36.7 Å². The third-order valence-electron chi connectivity index (χ3n) is 4.01. The second-order valence-electron chi connectivity index (χ2n) is 5.49. The average Bonchev–Trinajstić information content (AvgIpc) is 3.08. The molecule has 1 aliphatic heterocycles. The molecule has 4 rings (SSSR count). The van der Waals surface area contributed by atoms with Gasteiger partial charge < -0.3 is 9.64 Å². The molecule has 112 valence electrons. The quantitative estimate of drug-likeness (QED) is 0.785. The van der Waals surface area contributed by atoms with Crippen LogP contribution in [0.2, 0.25) is 0 Å². The van der Waals surface area contributed by atoms with E-state index in [0.29, 0.717) is 6.04 Å². The molecule has 4 heterocycles. The van der Waals surface area contributed by atoms with Gasteiger partial charge >= 0.3 is 0 Å². The molecule has 3 aromatic rings. The van der Waals surface area contributed by atoms with Gasteiger partial charge in [-0.1, -0.05) is 0 Å². The molecule has 6 nitrogen and oxygen atoms in total. The number of ether oxygens (including phenoxy) is 1. The van der Waals surface area contributed by atoms with E-state index in [2.05, 4.69) is 39.1 Å². The van der Waals surface area contributed by atoms with Crippen molar-refractivity contribution >= 4 is 16.7 Å². The number of aromatic amines is 1. The summed E-state index contributed by atoms with van der Waals surface area (Å²) in [5.41, 5.74) is 2.60. The molecule has 0 saturated carbocycles. The Balaban J connectivity index is 1.84. The first kappa shape index (κ1) is 13.2. The van der Waals surface area contributed by atoms with Gasteiger partial charge in [-0.3, -0.25) is 10.1 Å². The highest BCUT2D eigenvalue weighted by Crippen LogP contribution is 2.27. The molecule has 22 heavy (non-hydrogen) atoms. The van der Waals surface area contributed by atoms with Crippen LogP contribution in [-0.4, -0.2) is 46.0 Å². The molecular formula is C16H17N5O. The molecule has 0 aliphatic carbocycles. The Morgan fingerprint density at radius 3 is 3.00 bits per heavy atom. The van der Waals surface area contributed by atoms with Crippen molar-refractivity contribution < 1.29 is 4.74 Å². The number of H-pyrrole nitrogens is 1. The van der Waals surface area contributed by atoms with Crippen molar-refractivity contribution in [1.82, 2.24) is 20.2 Å². The van der Waals surface area contributed by atoms with Crippen molar-refractivity contribution in [3.05, 3.63) is 36.7 Å². The van der Waals surface area contributed by atoms with E-state index in [1.54, 1.807) is 12.4 Å². The van der Waals surface area contributed by atoms with Gasteiger partial charge in [0.1, 0.15) is 17.0 Å². The molecule has 1 fully saturated rings. The fourth-order valence-corrected chi connectivity index (χ4v) is 2.85. The largest absolute Gasteiger partial charge is 0.377 e. The van der Waals surface area contributed by atoms with Crippen LogP contribution < -0.4 is 4.90 Å². The van der Waals surface area contributed by atoms with Crippen LogP contribution in [0.25, 0.3) is 22.3 Å². The third kappa shape index (κ3) is 2.21. The normalized spacial score (nSPS) is 18.8. The molecule has 0 radical (unpaired) electrons. The number of rotatable bonds is 2. The first-order valence-electron chi connectivity index (χ1n) is 7.43. The molecule has 1 aliphatic rings. The molecule has 0 amide bonds. The van der Waals surface area contributed by atoms with E-state index < -0.39 is 0 Å². The first-order valence-corrected chi connectivity index (χ1v) is 7.43. The van der Waals surface area contributed by atoms with Gasteiger partial charge in [-0.05, 0) is 31.2 Å². The molecular weight excluding hydrogens is 278 g/mol. The molecule has 0 bridgehead atoms. The van der Waals surface area contributed by atoms with E-state index in [4.69, 9.17) is 9.72 Å². The summed E-state index contributed by atoms with van der Waals surface area (Å²) in [6, 6.07) is 8.38. The van der Waals surface area contributed by atoms with Gasteiger partial charge in [-0.25, -0.2) is 4.98 Å². The summed E-state index contributed by atoms with van der Waals surface area (Å²) in [5, 5.41) is 8.05. The predicted octanol–water partition coefficient (Wildman–Crippen LogP) is 2.25. The van der Waals surface area contributed by atoms with Crippen LogP contribution in [0.1, 0.15) is 6.92 Å². The first-order chi connectivity index (χ1) is 10.8. The Morgan fingerprint density at radius 1 is 1.23 bits per heavy atom. The maximum Gasteiger partial charge on any atom is 0.129 e. The third-order valence-corrected chi connectivity index (χ3v) is 4.01. The lowest BCUT2D eigenvalue weighted by Gasteiger charge is -2.34. The lowest BCUT2D eigenvalue weighted by Crippen LogP contribution is -2.44. The zero-order chi connectivity index (χ0) is 14.9. The van der Waals surface area contributed by atoms with Crippen LogP contribution >= 0.6 is 0 Å². The monoisotopic (exact) mass is 295 g/mol. The fourth-order valence-electron chi connectivity index (χ4n) is 2.85. The Kier molecular flexibility index (Phi) is 3.23. The van der Waals surface area contributed by atoms with Gasteiger partial charge in [-0.15, -0.1) is 0 Å². The smallest absolute Gasteiger partial charge is 0.129 e. The lowest BCUT2D eigenvalue weighted by atomic mass is 10.1. The summed E-state index contributed by atoms with van der Waals surface area (Å²) >= 11 is 0. The highest BCUT2D eigenvalue weighted by Gasteiger charge is 2.21. The maximum atomic E-state index is 5.51. The van der Waals surface area contributed by atoms with Crippen LogP contribution in [-0.2, 0) is 4.74 Å². The summed E-state index contributed by atoms with van der Waals surface area (Å²) in [6.07, 6.45) is 3.53. The molecule has 1 saturated heterocycles. The minimum absolute atomic E-state index is 0.325. The summed E-state index contributed by atoms with van der Waals surface area (Å²) < 4.78 is 5.51. The maximum absolute atomic E-state index is 5.51. The van der Waals surface area contributed by atoms with Gasteiger partial charge in [-0.2, -0.15) is 5.10 Å². The van der Waals surface area contributed by atoms with E-state index >= 15 is 0 Å². The van der Waals surface area contributed by atoms with Gasteiger partial charge in [0, 0.05) is 24.3 Å². The fraction of sp³-hybridized carbons (Fsp3) is 0.312. The second-order valence-corrected chi connectivity index (χ2v) is 5.49. The Hall–Kier alpha value is -2.47. The second kappa shape index (κ2) is 5.38. The number of nitrogens with one attached hydrogen (secondary N) is 1. The highest BCUT2D eigenvalue weighted by atomic mass is 16.5. The number of fused-ring (bicyclic) bond motifs is 1. The number of aromatic nitrogens is 4. The topological polar surface area (TPSA) is 66.9 Å². The van der Waals surface area contributed by atoms with Crippen LogP contribution in [0, 0.1) is 0 Å². The minimum atomic E-state index is 0.325. The van der Waals surface area contributed by atoms with Crippen LogP contribution in [0.3, 0.4) is 0 Å². The Bertz CT molecular complexity index is 786. The molecule has 0 aromatic carbocycles. The number of anilines is 1. The summed E-state index contributed by atoms with van der Waals surface area (Å²) in [4.78, 5) is 11.6. The van der Waals surface area contributed by atoms with E-state index in [9.17, 15) is 0 Å². The highest BCUT2D eigenvalue weighted by molar-refractivity contribution is 5.91. The molecule has 3 aromatic heterocycles. The van der Waals surface area contributed by atoms with Gasteiger partial charge in [0.05, 0.1) is 24.9 Å². The number of hydrogen-bond acceptors (Lipinski definition) is 5. The van der Waals surface area contributed by atoms with Crippen molar-refractivity contribution in [3.8, 4) is 11.4 Å². The van der Waals surface area contributed by atoms with Crippen molar-refractivity contribution in [2.24, 2.45) is 0 Å². The van der Waals surface area contributed by atoms with Crippen molar-refractivity contribution in [1.29, 1.82) is 0 Å². The van der Waals surface area contributed by atoms with Crippen molar-refractivity contribution in [2.75, 3.05) is 24.7 Å². The average molecular weight is 295 g/mol. The SMILES string of the molecule is C[C@@H]1COCCN1c1ccc2ccnc(-c3ccn[nH]3)c2n1. The van der Waals surface area contributed by atoms with Gasteiger partial charge in [0.15, 0.2) is 0 Å². The van der Waals surface area contributed by atoms with Crippen molar-refractivity contribution in [2.45, 2.75) is 13.0 Å². The molecule has 6 heteroatoms. The van der Waals surface area contributed by atoms with E-state index in [-0.39, 0.29) is 0 Å². The molecule has 0 spiro atoms. The summed E-state index contributed by atoms with van der Waals surface area (Å²) in [7, 11) is 0. The number of nitrogens with zero attached hydrogens (tertiary/aromatic N) is 4. The van der Waals surface area contributed by atoms with E-state index in [0.717, 1.165) is 47.9 Å². The standard InChI is InChI=1S/C16H17N5O/c1-11-10-22-9-8-21(11)14-3-2-12-4-6-17-16(15(12)19-14)13-5-7-18-20-13/h2-7,11H,8-10H2,1H3,(H,18,20)/t11-/m1/s1. The Morgan fingerprint density at radius 2 is 2.18 bits per heavy atom. The zero-order valence-corrected chi connectivity index (χ0v) is 12.4. The van der Waals surface area contributed by atoms with E-state index in [1.807, 2.05) is 12.1 Å². The number of hydrogen-bond donors (Lipinski definition) is 1. The van der Waals surface area contributed by atoms with Crippen LogP contribution in [0.4, 0.5) is 5.82 Å². The summed E-state index contributed by atoms with van der Waals surface area (Å²) in [5.74, 6) is 0.970. The number of pyridine rings is 2. The van der Waals surface area contributed by atoms with E-state index in [1.165, 1.54) is 0 Å². The van der Waals surface area contributed by atoms with Gasteiger partial charge in [0.2, 0.25) is 0 Å². The molecule has 0 unspecified atom stereocenters. The minimum Gasteiger partial charge on any atom is -0.377 e. The predicted molar refractivity (Wildman–Crippen MR) is 84.7 cm³/mol. The number of morpholine rings is 1. The zero-order valence-electron chi connectivity index (χ0n) is 12.4. The van der Waals surface area contributed by atoms with Gasteiger partial charge in [0.25, 0.3) is 0 Å². The molecule has 1 atom stereocenters. The molecule has 1 N–H and O–H groups in total. The summed E-state index contributed by atoms with van der Waals surface area (Å²) in [6.45, 7) is 4.49. The van der Waals surface area contributed by atoms with Crippen LogP contribution in [0.5, 0.6) is 0 Å². The van der Waals surface area contributed by atoms with Crippen molar-refractivity contribution in [3.63, 3.8) is 0 Å².